The summed E-state index contributed by atoms with van der Waals surface area (Å²) >= 11 is 0. The Morgan fingerprint density at radius 1 is 1.55 bits per heavy atom. The zero-order valence-electron chi connectivity index (χ0n) is 11.3. The highest BCUT2D eigenvalue weighted by atomic mass is 19.1. The maximum atomic E-state index is 13.8. The van der Waals surface area contributed by atoms with Gasteiger partial charge in [0.15, 0.2) is 0 Å². The minimum Gasteiger partial charge on any atom is -0.409 e. The molecule has 6 heteroatoms. The van der Waals surface area contributed by atoms with Gasteiger partial charge >= 0.3 is 0 Å². The summed E-state index contributed by atoms with van der Waals surface area (Å²) in [7, 11) is 0. The molecule has 0 aromatic heterocycles. The van der Waals surface area contributed by atoms with Crippen molar-refractivity contribution in [1.82, 2.24) is 4.90 Å². The predicted octanol–water partition coefficient (Wildman–Crippen LogP) is 1.73. The van der Waals surface area contributed by atoms with Crippen LogP contribution in [0.1, 0.15) is 28.8 Å². The van der Waals surface area contributed by atoms with Gasteiger partial charge in [0.1, 0.15) is 11.7 Å². The van der Waals surface area contributed by atoms with Gasteiger partial charge in [0.2, 0.25) is 0 Å². The lowest BCUT2D eigenvalue weighted by Crippen LogP contribution is -2.44. The number of nitrogens with zero attached hydrogens (tertiary/aromatic N) is 2. The molecule has 1 fully saturated rings. The number of rotatable bonds is 2. The Labute approximate surface area is 116 Å². The second-order valence-electron chi connectivity index (χ2n) is 5.10. The van der Waals surface area contributed by atoms with Gasteiger partial charge in [-0.3, -0.25) is 4.79 Å². The number of oxime groups is 1. The molecule has 0 bridgehead atoms. The average Bonchev–Trinajstić information content (AvgIpc) is 2.48. The number of halogens is 1. The van der Waals surface area contributed by atoms with Crippen molar-refractivity contribution in [2.75, 3.05) is 13.1 Å². The van der Waals surface area contributed by atoms with Gasteiger partial charge < -0.3 is 15.8 Å². The maximum Gasteiger partial charge on any atom is 0.256 e. The van der Waals surface area contributed by atoms with E-state index in [1.165, 1.54) is 6.07 Å². The lowest BCUT2D eigenvalue weighted by molar-refractivity contribution is 0.0696. The summed E-state index contributed by atoms with van der Waals surface area (Å²) in [4.78, 5) is 13.9. The number of nitrogens with two attached hydrogens (primary N) is 1. The average molecular weight is 279 g/mol. The first-order valence-electron chi connectivity index (χ1n) is 6.55. The minimum atomic E-state index is -0.522. The van der Waals surface area contributed by atoms with E-state index in [1.807, 2.05) is 6.92 Å². The lowest BCUT2D eigenvalue weighted by atomic mass is 9.96. The summed E-state index contributed by atoms with van der Waals surface area (Å²) < 4.78 is 13.8. The fourth-order valence-corrected chi connectivity index (χ4v) is 2.46. The number of carbonyl (C=O) groups excluding carboxylic acids is 1. The summed E-state index contributed by atoms with van der Waals surface area (Å²) in [6.07, 6.45) is 1.51. The van der Waals surface area contributed by atoms with Gasteiger partial charge in [-0.05, 0) is 31.9 Å². The quantitative estimate of drug-likeness (QED) is 0.374. The molecule has 1 aliphatic rings. The van der Waals surface area contributed by atoms with Gasteiger partial charge in [-0.15, -0.1) is 0 Å². The number of carbonyl (C=O) groups is 1. The number of aryl methyl sites for hydroxylation is 1. The molecule has 0 saturated carbocycles. The van der Waals surface area contributed by atoms with Crippen LogP contribution in [0.3, 0.4) is 0 Å². The first-order chi connectivity index (χ1) is 9.52. The van der Waals surface area contributed by atoms with Crippen molar-refractivity contribution in [3.63, 3.8) is 0 Å². The minimum absolute atomic E-state index is 0.0742. The SMILES string of the molecule is Cc1ccc(F)c(C(=O)N2CCCC(C(N)=NO)C2)c1. The molecule has 108 valence electrons. The van der Waals surface area contributed by atoms with Crippen molar-refractivity contribution in [2.45, 2.75) is 19.8 Å². The summed E-state index contributed by atoms with van der Waals surface area (Å²) in [5.41, 5.74) is 6.50. The molecule has 1 aromatic rings. The van der Waals surface area contributed by atoms with Gasteiger partial charge in [-0.25, -0.2) is 4.39 Å². The maximum absolute atomic E-state index is 13.8. The van der Waals surface area contributed by atoms with Crippen molar-refractivity contribution in [3.05, 3.63) is 35.1 Å². The molecule has 2 rings (SSSR count). The summed E-state index contributed by atoms with van der Waals surface area (Å²) in [6.45, 7) is 2.72. The van der Waals surface area contributed by atoms with Crippen LogP contribution in [-0.4, -0.2) is 34.9 Å². The lowest BCUT2D eigenvalue weighted by Gasteiger charge is -2.32. The van der Waals surface area contributed by atoms with E-state index >= 15 is 0 Å². The predicted molar refractivity (Wildman–Crippen MR) is 73.2 cm³/mol. The van der Waals surface area contributed by atoms with Crippen LogP contribution in [0.4, 0.5) is 4.39 Å². The number of benzene rings is 1. The molecule has 1 heterocycles. The van der Waals surface area contributed by atoms with E-state index in [4.69, 9.17) is 10.9 Å². The molecular formula is C14H18FN3O2. The third kappa shape index (κ3) is 2.89. The van der Waals surface area contributed by atoms with E-state index in [0.717, 1.165) is 18.4 Å². The largest absolute Gasteiger partial charge is 0.409 e. The third-order valence-corrected chi connectivity index (χ3v) is 3.59. The Morgan fingerprint density at radius 3 is 3.00 bits per heavy atom. The number of piperidine rings is 1. The Bertz CT molecular complexity index is 545. The molecule has 0 radical (unpaired) electrons. The van der Waals surface area contributed by atoms with Crippen molar-refractivity contribution >= 4 is 11.7 Å². The van der Waals surface area contributed by atoms with Crippen LogP contribution < -0.4 is 5.73 Å². The molecule has 3 N–H and O–H groups in total. The van der Waals surface area contributed by atoms with Gasteiger partial charge in [0.05, 0.1) is 5.56 Å². The fourth-order valence-electron chi connectivity index (χ4n) is 2.46. The molecule has 1 aromatic carbocycles. The van der Waals surface area contributed by atoms with Crippen LogP contribution in [0.15, 0.2) is 23.4 Å². The third-order valence-electron chi connectivity index (χ3n) is 3.59. The molecule has 1 amide bonds. The van der Waals surface area contributed by atoms with Crippen LogP contribution >= 0.6 is 0 Å². The zero-order valence-corrected chi connectivity index (χ0v) is 11.3. The van der Waals surface area contributed by atoms with E-state index in [9.17, 15) is 9.18 Å². The van der Waals surface area contributed by atoms with E-state index in [-0.39, 0.29) is 23.2 Å². The molecule has 1 saturated heterocycles. The molecule has 5 nitrogen and oxygen atoms in total. The van der Waals surface area contributed by atoms with Gasteiger partial charge in [-0.1, -0.05) is 16.8 Å². The van der Waals surface area contributed by atoms with E-state index in [2.05, 4.69) is 5.16 Å². The van der Waals surface area contributed by atoms with Crippen LogP contribution in [0.25, 0.3) is 0 Å². The van der Waals surface area contributed by atoms with Crippen LogP contribution in [0.5, 0.6) is 0 Å². The number of hydrogen-bond donors (Lipinski definition) is 2. The Kier molecular flexibility index (Phi) is 4.22. The molecule has 0 aliphatic carbocycles. The van der Waals surface area contributed by atoms with Crippen LogP contribution in [0, 0.1) is 18.7 Å². The molecule has 1 unspecified atom stereocenters. The number of likely N-dealkylation sites (tertiary alicyclic amines) is 1. The van der Waals surface area contributed by atoms with E-state index < -0.39 is 5.82 Å². The second kappa shape index (κ2) is 5.90. The summed E-state index contributed by atoms with van der Waals surface area (Å²) in [5, 5.41) is 11.7. The van der Waals surface area contributed by atoms with Gasteiger partial charge in [0.25, 0.3) is 5.91 Å². The number of amidine groups is 1. The van der Waals surface area contributed by atoms with Gasteiger partial charge in [-0.2, -0.15) is 0 Å². The van der Waals surface area contributed by atoms with Crippen LogP contribution in [-0.2, 0) is 0 Å². The Hall–Kier alpha value is -2.11. The summed E-state index contributed by atoms with van der Waals surface area (Å²) in [6, 6.07) is 4.47. The first kappa shape index (κ1) is 14.3. The zero-order chi connectivity index (χ0) is 14.7. The van der Waals surface area contributed by atoms with Crippen molar-refractivity contribution in [3.8, 4) is 0 Å². The molecule has 20 heavy (non-hydrogen) atoms. The number of hydrogen-bond acceptors (Lipinski definition) is 3. The first-order valence-corrected chi connectivity index (χ1v) is 6.55. The monoisotopic (exact) mass is 279 g/mol. The van der Waals surface area contributed by atoms with Crippen LogP contribution in [0.2, 0.25) is 0 Å². The summed E-state index contributed by atoms with van der Waals surface area (Å²) in [5.74, 6) is -0.925. The molecule has 1 atom stereocenters. The highest BCUT2D eigenvalue weighted by molar-refractivity contribution is 5.95. The Morgan fingerprint density at radius 2 is 2.30 bits per heavy atom. The van der Waals surface area contributed by atoms with Crippen molar-refractivity contribution in [2.24, 2.45) is 16.8 Å². The topological polar surface area (TPSA) is 78.9 Å². The second-order valence-corrected chi connectivity index (χ2v) is 5.10. The van der Waals surface area contributed by atoms with Crippen molar-refractivity contribution in [1.29, 1.82) is 0 Å². The highest BCUT2D eigenvalue weighted by Crippen LogP contribution is 2.20. The standard InChI is InChI=1S/C14H18FN3O2/c1-9-4-5-12(15)11(7-9)14(19)18-6-2-3-10(8-18)13(16)17-20/h4-5,7,10,20H,2-3,6,8H2,1H3,(H2,16,17). The smallest absolute Gasteiger partial charge is 0.256 e. The number of amides is 1. The van der Waals surface area contributed by atoms with Gasteiger partial charge in [0, 0.05) is 19.0 Å². The van der Waals surface area contributed by atoms with E-state index in [1.54, 1.807) is 17.0 Å². The normalized spacial score (nSPS) is 20.0. The molecular weight excluding hydrogens is 261 g/mol. The highest BCUT2D eigenvalue weighted by Gasteiger charge is 2.28. The Balaban J connectivity index is 2.18. The van der Waals surface area contributed by atoms with E-state index in [0.29, 0.717) is 13.1 Å². The molecule has 1 aliphatic heterocycles. The van der Waals surface area contributed by atoms with Crippen molar-refractivity contribution < 1.29 is 14.4 Å². The fraction of sp³-hybridized carbons (Fsp3) is 0.429. The molecule has 0 spiro atoms.